The third-order valence-electron chi connectivity index (χ3n) is 11.8. The fraction of sp³-hybridized carbons (Fsp3) is 0.500. The molecule has 6 N–H and O–H groups in total. The molecule has 1 saturated carbocycles. The number of fused-ring (bicyclic) bond motifs is 1. The molecule has 0 bridgehead atoms. The average molecular weight is 843 g/mol. The van der Waals surface area contributed by atoms with Gasteiger partial charge in [0.05, 0.1) is 53.7 Å². The first-order valence-corrected chi connectivity index (χ1v) is 20.7. The molecule has 7 rings (SSSR count). The van der Waals surface area contributed by atoms with Gasteiger partial charge in [0.2, 0.25) is 11.8 Å². The molecule has 3 amide bonds. The van der Waals surface area contributed by atoms with Crippen molar-refractivity contribution < 1.29 is 27.9 Å². The third-order valence-corrected chi connectivity index (χ3v) is 11.8. The van der Waals surface area contributed by atoms with Crippen LogP contribution in [0.3, 0.4) is 0 Å². The first-order valence-electron chi connectivity index (χ1n) is 20.7. The zero-order chi connectivity index (χ0) is 43.0. The van der Waals surface area contributed by atoms with E-state index in [1.54, 1.807) is 19.2 Å². The molecule has 1 aliphatic carbocycles. The summed E-state index contributed by atoms with van der Waals surface area (Å²) in [4.78, 5) is 70.9. The third kappa shape index (κ3) is 10.2. The number of aryl methyl sites for hydroxylation is 1. The van der Waals surface area contributed by atoms with Gasteiger partial charge in [0.1, 0.15) is 17.6 Å². The van der Waals surface area contributed by atoms with E-state index in [4.69, 9.17) is 16.2 Å². The number of anilines is 1. The van der Waals surface area contributed by atoms with Crippen LogP contribution in [-0.4, -0.2) is 131 Å². The van der Waals surface area contributed by atoms with Crippen molar-refractivity contribution >= 4 is 46.4 Å². The summed E-state index contributed by atoms with van der Waals surface area (Å²) in [5.41, 5.74) is 12.0. The highest BCUT2D eigenvalue weighted by Gasteiger charge is 2.32. The number of rotatable bonds is 11. The Morgan fingerprint density at radius 3 is 2.49 bits per heavy atom. The molecular formula is C42H52F2N12O5. The standard InChI is InChI=1S/C42H52F2N12O5/c1-52-37-28(4-2-6-32(37)56(42(52)60)33-11-12-35(57)51-41(33)59)5-3-15-53-16-18-54(19-17-53)26-27-7-9-29(10-8-27)48-25-31(36(46)38(43)44)49-40(58)30(24-45)39-47-14-13-34(50-39)55-20-22-61-23-21-55/h2,4,6,13-14,24-25,27,29,33,38H,7-12,15-23,26,45-46H2,1H3,(H,49,58)(H,51,57,59). The zero-order valence-corrected chi connectivity index (χ0v) is 34.2. The number of imide groups is 1. The summed E-state index contributed by atoms with van der Waals surface area (Å²) in [5, 5.41) is 4.81. The van der Waals surface area contributed by atoms with Gasteiger partial charge in [-0.05, 0) is 56.2 Å². The van der Waals surface area contributed by atoms with Crippen molar-refractivity contribution in [2.24, 2.45) is 29.4 Å². The second-order valence-electron chi connectivity index (χ2n) is 15.7. The van der Waals surface area contributed by atoms with Gasteiger partial charge in [-0.1, -0.05) is 17.9 Å². The van der Waals surface area contributed by atoms with E-state index in [1.807, 2.05) is 17.0 Å². The number of halogens is 2. The lowest BCUT2D eigenvalue weighted by Gasteiger charge is -2.37. The highest BCUT2D eigenvalue weighted by Crippen LogP contribution is 2.28. The van der Waals surface area contributed by atoms with Crippen molar-refractivity contribution in [3.05, 3.63) is 69.9 Å². The molecule has 19 heteroatoms. The molecule has 3 saturated heterocycles. The first-order chi connectivity index (χ1) is 29.5. The molecule has 61 heavy (non-hydrogen) atoms. The monoisotopic (exact) mass is 842 g/mol. The average Bonchev–Trinajstić information content (AvgIpc) is 3.52. The van der Waals surface area contributed by atoms with E-state index < -0.39 is 30.0 Å². The molecule has 0 radical (unpaired) electrons. The minimum absolute atomic E-state index is 0.0470. The smallest absolute Gasteiger partial charge is 0.329 e. The number of aromatic nitrogens is 4. The zero-order valence-electron chi connectivity index (χ0n) is 34.2. The number of hydrogen-bond donors (Lipinski definition) is 4. The van der Waals surface area contributed by atoms with Gasteiger partial charge in [-0.15, -0.1) is 0 Å². The molecule has 5 heterocycles. The van der Waals surface area contributed by atoms with Crippen molar-refractivity contribution in [2.45, 2.75) is 57.0 Å². The summed E-state index contributed by atoms with van der Waals surface area (Å²) < 4.78 is 36.0. The molecule has 1 atom stereocenters. The predicted molar refractivity (Wildman–Crippen MR) is 225 cm³/mol. The lowest BCUT2D eigenvalue weighted by atomic mass is 9.86. The number of piperidine rings is 1. The van der Waals surface area contributed by atoms with E-state index in [0.717, 1.165) is 64.6 Å². The number of nitrogens with two attached hydrogens (primary N) is 2. The Labute approximate surface area is 351 Å². The first kappa shape index (κ1) is 43.1. The Bertz CT molecular complexity index is 2320. The van der Waals surface area contributed by atoms with Crippen LogP contribution in [0.25, 0.3) is 16.6 Å². The van der Waals surface area contributed by atoms with Crippen molar-refractivity contribution in [1.29, 1.82) is 0 Å². The van der Waals surface area contributed by atoms with Crippen molar-refractivity contribution in [1.82, 2.24) is 39.5 Å². The number of aliphatic imine (C=N–C) groups is 1. The molecule has 3 aliphatic heterocycles. The van der Waals surface area contributed by atoms with Gasteiger partial charge in [0.15, 0.2) is 5.82 Å². The van der Waals surface area contributed by atoms with E-state index >= 15 is 0 Å². The molecule has 1 unspecified atom stereocenters. The van der Waals surface area contributed by atoms with Crippen LogP contribution in [0, 0.1) is 17.8 Å². The molecule has 2 aromatic heterocycles. The molecule has 17 nitrogen and oxygen atoms in total. The molecule has 1 aromatic carbocycles. The maximum atomic E-state index is 13.8. The number of para-hydroxylation sites is 1. The number of amides is 3. The van der Waals surface area contributed by atoms with Gasteiger partial charge in [-0.2, -0.15) is 0 Å². The SMILES string of the molecule is Cn1c(=O)n(C2CCC(=O)NC2=O)c2cccc(C#CCN3CCN(CC4CCC(N=CC(NC(=O)C(=CN)c5nccc(N6CCOCC6)n5)=C(N)C(F)F)CC4)CC3)c21. The second-order valence-corrected chi connectivity index (χ2v) is 15.7. The number of hydrogen-bond acceptors (Lipinski definition) is 13. The number of carbonyl (C=O) groups excluding carboxylic acids is 3. The fourth-order valence-electron chi connectivity index (χ4n) is 8.35. The molecule has 3 aromatic rings. The van der Waals surface area contributed by atoms with Crippen molar-refractivity contribution in [2.75, 3.05) is 70.5 Å². The summed E-state index contributed by atoms with van der Waals surface area (Å²) in [5.74, 6) is 6.06. The number of nitrogens with zero attached hydrogens (tertiary/aromatic N) is 8. The van der Waals surface area contributed by atoms with Crippen LogP contribution >= 0.6 is 0 Å². The minimum Gasteiger partial charge on any atom is -0.404 e. The van der Waals surface area contributed by atoms with Crippen molar-refractivity contribution in [3.63, 3.8) is 0 Å². The highest BCUT2D eigenvalue weighted by atomic mass is 19.3. The lowest BCUT2D eigenvalue weighted by molar-refractivity contribution is -0.135. The topological polar surface area (TPSA) is 211 Å². The van der Waals surface area contributed by atoms with E-state index in [-0.39, 0.29) is 47.6 Å². The Hall–Kier alpha value is -5.97. The van der Waals surface area contributed by atoms with Gasteiger partial charge in [0, 0.05) is 77.9 Å². The predicted octanol–water partition coefficient (Wildman–Crippen LogP) is 1.09. The lowest BCUT2D eigenvalue weighted by Crippen LogP contribution is -2.48. The van der Waals surface area contributed by atoms with Gasteiger partial charge in [-0.25, -0.2) is 23.5 Å². The maximum absolute atomic E-state index is 13.8. The number of ether oxygens (including phenoxy) is 1. The summed E-state index contributed by atoms with van der Waals surface area (Å²) in [6.45, 7) is 7.39. The number of allylic oxidation sites excluding steroid dienone is 2. The summed E-state index contributed by atoms with van der Waals surface area (Å²) >= 11 is 0. The minimum atomic E-state index is -3.02. The molecule has 0 spiro atoms. The van der Waals surface area contributed by atoms with Crippen molar-refractivity contribution in [3.8, 4) is 11.8 Å². The fourth-order valence-corrected chi connectivity index (χ4v) is 8.35. The van der Waals surface area contributed by atoms with Gasteiger partial charge >= 0.3 is 5.69 Å². The number of piperazine rings is 1. The highest BCUT2D eigenvalue weighted by molar-refractivity contribution is 6.19. The Morgan fingerprint density at radius 1 is 1.05 bits per heavy atom. The molecule has 324 valence electrons. The number of carbonyl (C=O) groups is 3. The van der Waals surface area contributed by atoms with Crippen LogP contribution < -0.4 is 32.7 Å². The van der Waals surface area contributed by atoms with Gasteiger partial charge in [0.25, 0.3) is 12.3 Å². The number of imidazole rings is 1. The molecular weight excluding hydrogens is 791 g/mol. The van der Waals surface area contributed by atoms with Crippen LogP contribution in [0.15, 0.2) is 57.8 Å². The van der Waals surface area contributed by atoms with E-state index in [9.17, 15) is 28.0 Å². The van der Waals surface area contributed by atoms with E-state index in [1.165, 1.54) is 21.5 Å². The van der Waals surface area contributed by atoms with Crippen LogP contribution in [0.1, 0.15) is 56.0 Å². The van der Waals surface area contributed by atoms with E-state index in [2.05, 4.69) is 47.2 Å². The van der Waals surface area contributed by atoms with Gasteiger partial charge < -0.3 is 31.3 Å². The number of nitrogens with one attached hydrogen (secondary N) is 2. The largest absolute Gasteiger partial charge is 0.404 e. The number of alkyl halides is 2. The van der Waals surface area contributed by atoms with Crippen LogP contribution in [0.2, 0.25) is 0 Å². The van der Waals surface area contributed by atoms with Crippen LogP contribution in [0.5, 0.6) is 0 Å². The Balaban J connectivity index is 0.883. The van der Waals surface area contributed by atoms with Crippen LogP contribution in [-0.2, 0) is 26.2 Å². The van der Waals surface area contributed by atoms with Crippen LogP contribution in [0.4, 0.5) is 14.6 Å². The molecule has 4 fully saturated rings. The number of benzene rings is 1. The second kappa shape index (κ2) is 19.6. The maximum Gasteiger partial charge on any atom is 0.329 e. The Kier molecular flexibility index (Phi) is 13.9. The molecule has 4 aliphatic rings. The summed E-state index contributed by atoms with van der Waals surface area (Å²) in [6.07, 6.45) is 4.61. The van der Waals surface area contributed by atoms with Gasteiger partial charge in [-0.3, -0.25) is 38.7 Å². The summed E-state index contributed by atoms with van der Waals surface area (Å²) in [7, 11) is 1.67. The number of morpholine rings is 1. The Morgan fingerprint density at radius 2 is 1.79 bits per heavy atom. The summed E-state index contributed by atoms with van der Waals surface area (Å²) in [6, 6.07) is 6.35. The quantitative estimate of drug-likeness (QED) is 0.0926. The van der Waals surface area contributed by atoms with E-state index in [0.29, 0.717) is 61.2 Å². The normalized spacial score (nSPS) is 22.6.